The van der Waals surface area contributed by atoms with E-state index in [1.165, 1.54) is 0 Å². The van der Waals surface area contributed by atoms with E-state index in [0.29, 0.717) is 28.2 Å². The first-order valence-electron chi connectivity index (χ1n) is 8.31. The Bertz CT molecular complexity index is 886. The van der Waals surface area contributed by atoms with E-state index >= 15 is 0 Å². The van der Waals surface area contributed by atoms with E-state index in [2.05, 4.69) is 5.32 Å². The summed E-state index contributed by atoms with van der Waals surface area (Å²) in [5.41, 5.74) is 3.02. The van der Waals surface area contributed by atoms with Crippen LogP contribution in [0.3, 0.4) is 0 Å². The topological polar surface area (TPSA) is 88.0 Å². The minimum atomic E-state index is -0.920. The molecule has 2 aromatic carbocycles. The molecule has 2 atom stereocenters. The molecule has 8 heteroatoms. The molecule has 0 fully saturated rings. The maximum atomic E-state index is 11.7. The Balaban J connectivity index is 2.14. The number of aliphatic imine (C=N–C) groups is 1. The van der Waals surface area contributed by atoms with Gasteiger partial charge in [0.15, 0.2) is 0 Å². The number of carboxylic acids is 1. The second-order valence-corrected chi connectivity index (χ2v) is 7.19. The third kappa shape index (κ3) is 4.43. The molecular formula is C19H18ClN2O4S+. The van der Waals surface area contributed by atoms with Crippen LogP contribution in [0.15, 0.2) is 47.5 Å². The molecule has 27 heavy (non-hydrogen) atoms. The van der Waals surface area contributed by atoms with Crippen LogP contribution < -0.4 is 10.1 Å². The van der Waals surface area contributed by atoms with E-state index in [4.69, 9.17) is 26.4 Å². The Morgan fingerprint density at radius 3 is 2.67 bits per heavy atom. The van der Waals surface area contributed by atoms with Crippen molar-refractivity contribution in [2.75, 3.05) is 12.4 Å². The fourth-order valence-electron chi connectivity index (χ4n) is 2.94. The number of rotatable bonds is 6. The first kappa shape index (κ1) is 19.3. The van der Waals surface area contributed by atoms with Crippen LogP contribution in [0.2, 0.25) is 5.02 Å². The summed E-state index contributed by atoms with van der Waals surface area (Å²) in [7, 11) is 1.58. The highest BCUT2D eigenvalue weighted by Gasteiger charge is 2.36. The van der Waals surface area contributed by atoms with Crippen LogP contribution >= 0.6 is 11.6 Å². The quantitative estimate of drug-likeness (QED) is 0.717. The minimum absolute atomic E-state index is 0.0690. The molecule has 1 unspecified atom stereocenters. The summed E-state index contributed by atoms with van der Waals surface area (Å²) >= 11 is 6.39. The summed E-state index contributed by atoms with van der Waals surface area (Å²) in [6.45, 7) is 0. The Morgan fingerprint density at radius 2 is 2.04 bits per heavy atom. The van der Waals surface area contributed by atoms with Gasteiger partial charge in [0, 0.05) is 32.5 Å². The maximum Gasteiger partial charge on any atom is 0.488 e. The van der Waals surface area contributed by atoms with Crippen LogP contribution in [-0.2, 0) is 20.7 Å². The van der Waals surface area contributed by atoms with Gasteiger partial charge in [-0.25, -0.2) is 0 Å². The van der Waals surface area contributed by atoms with E-state index < -0.39 is 17.4 Å². The van der Waals surface area contributed by atoms with Crippen molar-refractivity contribution in [1.29, 1.82) is 0 Å². The smallest absolute Gasteiger partial charge is 0.488 e. The summed E-state index contributed by atoms with van der Waals surface area (Å²) in [6.07, 6.45) is 0.185. The maximum absolute atomic E-state index is 11.7. The first-order valence-corrected chi connectivity index (χ1v) is 9.49. The predicted octanol–water partition coefficient (Wildman–Crippen LogP) is 3.60. The number of halogens is 1. The van der Waals surface area contributed by atoms with Crippen LogP contribution in [0.25, 0.3) is 0 Å². The Kier molecular flexibility index (Phi) is 6.03. The average molecular weight is 406 g/mol. The van der Waals surface area contributed by atoms with Crippen LogP contribution in [0.1, 0.15) is 24.0 Å². The molecule has 140 valence electrons. The van der Waals surface area contributed by atoms with Crippen molar-refractivity contribution in [2.45, 2.75) is 24.3 Å². The SMILES string of the molecule is COc1ccc2c(c1)C(c1ccc(Cl)cc1)=N[C@@H](CCC(=O)O)C([S+]=O)N2. The van der Waals surface area contributed by atoms with Gasteiger partial charge in [-0.15, -0.1) is 0 Å². The molecule has 0 amide bonds. The van der Waals surface area contributed by atoms with E-state index in [1.807, 2.05) is 24.3 Å². The van der Waals surface area contributed by atoms with Gasteiger partial charge >= 0.3 is 23.0 Å². The van der Waals surface area contributed by atoms with Crippen LogP contribution in [0, 0.1) is 0 Å². The number of carboxylic acid groups (broad SMARTS) is 1. The minimum Gasteiger partial charge on any atom is -0.497 e. The van der Waals surface area contributed by atoms with Crippen LogP contribution in [-0.4, -0.2) is 35.3 Å². The number of fused-ring (bicyclic) bond motifs is 1. The van der Waals surface area contributed by atoms with Gasteiger partial charge in [-0.3, -0.25) is 9.79 Å². The van der Waals surface area contributed by atoms with Crippen LogP contribution in [0.5, 0.6) is 5.75 Å². The number of hydrogen-bond donors (Lipinski definition) is 2. The van der Waals surface area contributed by atoms with Crippen molar-refractivity contribution in [1.82, 2.24) is 0 Å². The molecular weight excluding hydrogens is 388 g/mol. The number of nitrogens with one attached hydrogen (secondary N) is 1. The molecule has 0 aromatic heterocycles. The zero-order valence-corrected chi connectivity index (χ0v) is 16.1. The fraction of sp³-hybridized carbons (Fsp3) is 0.263. The van der Waals surface area contributed by atoms with Gasteiger partial charge < -0.3 is 15.2 Å². The molecule has 1 heterocycles. The summed E-state index contributed by atoms with van der Waals surface area (Å²) in [6, 6.07) is 12.2. The van der Waals surface area contributed by atoms with Crippen molar-refractivity contribution < 1.29 is 18.8 Å². The van der Waals surface area contributed by atoms with E-state index in [9.17, 15) is 9.00 Å². The molecule has 0 spiro atoms. The lowest BCUT2D eigenvalue weighted by Gasteiger charge is -2.12. The van der Waals surface area contributed by atoms with E-state index in [0.717, 1.165) is 16.8 Å². The molecule has 0 saturated heterocycles. The number of aliphatic carboxylic acids is 1. The van der Waals surface area contributed by atoms with Gasteiger partial charge in [0.1, 0.15) is 11.8 Å². The highest BCUT2D eigenvalue weighted by molar-refractivity contribution is 7.66. The Morgan fingerprint density at radius 1 is 1.30 bits per heavy atom. The van der Waals surface area contributed by atoms with Crippen molar-refractivity contribution in [3.05, 3.63) is 58.6 Å². The Hall–Kier alpha value is -2.51. The molecule has 6 nitrogen and oxygen atoms in total. The van der Waals surface area contributed by atoms with E-state index in [-0.39, 0.29) is 12.8 Å². The van der Waals surface area contributed by atoms with Crippen molar-refractivity contribution in [3.63, 3.8) is 0 Å². The van der Waals surface area contributed by atoms with Gasteiger partial charge in [-0.1, -0.05) is 23.7 Å². The standard InChI is InChI=1S/C19H17ClN2O4S/c1-26-13-6-7-15-14(10-13)18(11-2-4-12(20)5-3-11)21-16(8-9-17(23)24)19(22-15)27-25/h2-7,10,16,19H,8-9H2,1H3,(H-,21,22,23,24)/p+1/t16-,19?/m0/s1. The number of benzodiazepines with no additional fused rings is 1. The number of methoxy groups -OCH3 is 1. The third-order valence-electron chi connectivity index (χ3n) is 4.30. The number of hydrogen-bond acceptors (Lipinski definition) is 5. The van der Waals surface area contributed by atoms with Gasteiger partial charge in [-0.2, -0.15) is 0 Å². The lowest BCUT2D eigenvalue weighted by Crippen LogP contribution is -2.31. The Labute approximate surface area is 165 Å². The zero-order valence-electron chi connectivity index (χ0n) is 14.5. The molecule has 3 rings (SSSR count). The number of ether oxygens (including phenoxy) is 1. The lowest BCUT2D eigenvalue weighted by molar-refractivity contribution is -0.137. The number of nitrogens with zero attached hydrogens (tertiary/aromatic N) is 1. The van der Waals surface area contributed by atoms with Crippen molar-refractivity contribution in [3.8, 4) is 5.75 Å². The third-order valence-corrected chi connectivity index (χ3v) is 5.19. The highest BCUT2D eigenvalue weighted by atomic mass is 35.5. The molecule has 1 aliphatic heterocycles. The molecule has 0 bridgehead atoms. The lowest BCUT2D eigenvalue weighted by atomic mass is 10.00. The monoisotopic (exact) mass is 405 g/mol. The summed E-state index contributed by atoms with van der Waals surface area (Å²) in [5, 5.41) is 12.3. The largest absolute Gasteiger partial charge is 0.497 e. The number of anilines is 1. The van der Waals surface area contributed by atoms with Crippen molar-refractivity contribution in [2.24, 2.45) is 4.99 Å². The highest BCUT2D eigenvalue weighted by Crippen LogP contribution is 2.30. The molecule has 0 radical (unpaired) electrons. The molecule has 2 N–H and O–H groups in total. The molecule has 0 aliphatic carbocycles. The normalized spacial score (nSPS) is 18.5. The predicted molar refractivity (Wildman–Crippen MR) is 106 cm³/mol. The number of benzene rings is 2. The molecule has 1 aliphatic rings. The van der Waals surface area contributed by atoms with Gasteiger partial charge in [-0.05, 0) is 36.8 Å². The van der Waals surface area contributed by atoms with Crippen molar-refractivity contribution >= 4 is 40.6 Å². The molecule has 0 saturated carbocycles. The second kappa shape index (κ2) is 8.45. The average Bonchev–Trinajstić information content (AvgIpc) is 2.83. The van der Waals surface area contributed by atoms with Gasteiger partial charge in [0.05, 0.1) is 12.8 Å². The number of carbonyl (C=O) groups is 1. The second-order valence-electron chi connectivity index (χ2n) is 6.06. The first-order chi connectivity index (χ1) is 13.0. The van der Waals surface area contributed by atoms with Gasteiger partial charge in [0.2, 0.25) is 0 Å². The summed E-state index contributed by atoms with van der Waals surface area (Å²) < 4.78 is 17.0. The fourth-order valence-corrected chi connectivity index (χ4v) is 3.56. The van der Waals surface area contributed by atoms with Crippen LogP contribution in [0.4, 0.5) is 5.69 Å². The summed E-state index contributed by atoms with van der Waals surface area (Å²) in [5.74, 6) is -0.260. The molecule has 2 aromatic rings. The zero-order chi connectivity index (χ0) is 19.4. The van der Waals surface area contributed by atoms with Gasteiger partial charge in [0.25, 0.3) is 0 Å². The van der Waals surface area contributed by atoms with E-state index in [1.54, 1.807) is 25.3 Å². The summed E-state index contributed by atoms with van der Waals surface area (Å²) in [4.78, 5) is 15.8.